The Balaban J connectivity index is 1.25. The molecule has 3 heterocycles. The summed E-state index contributed by atoms with van der Waals surface area (Å²) in [6, 6.07) is 14.4. The summed E-state index contributed by atoms with van der Waals surface area (Å²) in [5, 5.41) is 2.93. The second-order valence-corrected chi connectivity index (χ2v) is 9.95. The minimum atomic E-state index is -0.782. The second-order valence-electron chi connectivity index (χ2n) is 9.95. The number of anilines is 2. The molecule has 2 fully saturated rings. The predicted molar refractivity (Wildman–Crippen MR) is 135 cm³/mol. The van der Waals surface area contributed by atoms with Crippen LogP contribution in [0.4, 0.5) is 11.4 Å². The molecule has 3 aliphatic rings. The fourth-order valence-electron chi connectivity index (χ4n) is 5.80. The number of primary amides is 1. The monoisotopic (exact) mass is 489 g/mol. The number of para-hydroxylation sites is 1. The van der Waals surface area contributed by atoms with Gasteiger partial charge in [-0.1, -0.05) is 24.3 Å². The Labute approximate surface area is 210 Å². The molecule has 4 amide bonds. The zero-order valence-electron chi connectivity index (χ0n) is 20.4. The smallest absolute Gasteiger partial charge is 0.257 e. The van der Waals surface area contributed by atoms with Crippen LogP contribution >= 0.6 is 0 Å². The van der Waals surface area contributed by atoms with E-state index in [1.807, 2.05) is 37.3 Å². The Morgan fingerprint density at radius 2 is 1.94 bits per heavy atom. The van der Waals surface area contributed by atoms with Crippen LogP contribution in [0.15, 0.2) is 48.5 Å². The number of carbonyl (C=O) groups excluding carboxylic acids is 4. The summed E-state index contributed by atoms with van der Waals surface area (Å²) in [5.41, 5.74) is 7.51. The van der Waals surface area contributed by atoms with E-state index in [1.165, 1.54) is 0 Å². The SMILES string of the molecule is CC12CCC(=O)N1c1ccccc1C(=O)N2CCC(=O)Nc1cccc(CN2CCCC2C(N)=O)c1. The van der Waals surface area contributed by atoms with Crippen molar-refractivity contribution in [2.45, 2.75) is 57.3 Å². The van der Waals surface area contributed by atoms with Crippen molar-refractivity contribution in [2.75, 3.05) is 23.3 Å². The normalized spacial score (nSPS) is 23.5. The lowest BCUT2D eigenvalue weighted by Crippen LogP contribution is -2.62. The molecular formula is C27H31N5O4. The molecule has 2 atom stereocenters. The summed E-state index contributed by atoms with van der Waals surface area (Å²) < 4.78 is 0. The van der Waals surface area contributed by atoms with Crippen LogP contribution < -0.4 is 16.0 Å². The van der Waals surface area contributed by atoms with Crippen molar-refractivity contribution in [1.82, 2.24) is 9.80 Å². The highest BCUT2D eigenvalue weighted by Gasteiger charge is 2.52. The predicted octanol–water partition coefficient (Wildman–Crippen LogP) is 2.46. The number of amides is 4. The Kier molecular flexibility index (Phi) is 6.26. The number of carbonyl (C=O) groups is 4. The molecule has 0 spiro atoms. The van der Waals surface area contributed by atoms with E-state index < -0.39 is 5.66 Å². The zero-order chi connectivity index (χ0) is 25.4. The minimum absolute atomic E-state index is 0.0136. The summed E-state index contributed by atoms with van der Waals surface area (Å²) in [7, 11) is 0. The van der Waals surface area contributed by atoms with Gasteiger partial charge in [-0.2, -0.15) is 0 Å². The number of rotatable bonds is 7. The van der Waals surface area contributed by atoms with Crippen LogP contribution in [0.2, 0.25) is 0 Å². The fraction of sp³-hybridized carbons (Fsp3) is 0.407. The quantitative estimate of drug-likeness (QED) is 0.620. The van der Waals surface area contributed by atoms with E-state index in [2.05, 4.69) is 10.2 Å². The molecule has 2 saturated heterocycles. The molecule has 2 aromatic rings. The maximum absolute atomic E-state index is 13.3. The van der Waals surface area contributed by atoms with Crippen molar-refractivity contribution in [1.29, 1.82) is 0 Å². The molecule has 0 radical (unpaired) electrons. The van der Waals surface area contributed by atoms with Gasteiger partial charge in [-0.3, -0.25) is 29.0 Å². The van der Waals surface area contributed by atoms with Crippen LogP contribution in [-0.2, 0) is 20.9 Å². The molecule has 0 bridgehead atoms. The molecule has 0 aliphatic carbocycles. The van der Waals surface area contributed by atoms with Crippen LogP contribution in [0.1, 0.15) is 54.9 Å². The van der Waals surface area contributed by atoms with Gasteiger partial charge in [-0.15, -0.1) is 0 Å². The van der Waals surface area contributed by atoms with Crippen molar-refractivity contribution < 1.29 is 19.2 Å². The van der Waals surface area contributed by atoms with Gasteiger partial charge in [0.15, 0.2) is 0 Å². The lowest BCUT2D eigenvalue weighted by Gasteiger charge is -2.48. The molecule has 9 heteroatoms. The first-order valence-electron chi connectivity index (χ1n) is 12.4. The molecule has 3 aliphatic heterocycles. The number of nitrogens with zero attached hydrogens (tertiary/aromatic N) is 3. The molecule has 0 saturated carbocycles. The summed E-state index contributed by atoms with van der Waals surface area (Å²) in [5.74, 6) is -0.693. The third-order valence-corrected chi connectivity index (χ3v) is 7.60. The molecule has 0 aromatic heterocycles. The van der Waals surface area contributed by atoms with Crippen LogP contribution in [0.3, 0.4) is 0 Å². The summed E-state index contributed by atoms with van der Waals surface area (Å²) in [6.45, 7) is 3.49. The topological polar surface area (TPSA) is 116 Å². The van der Waals surface area contributed by atoms with E-state index in [-0.39, 0.29) is 42.6 Å². The molecular weight excluding hydrogens is 458 g/mol. The van der Waals surface area contributed by atoms with Crippen molar-refractivity contribution in [3.63, 3.8) is 0 Å². The minimum Gasteiger partial charge on any atom is -0.368 e. The average molecular weight is 490 g/mol. The van der Waals surface area contributed by atoms with E-state index in [1.54, 1.807) is 28.0 Å². The molecule has 2 unspecified atom stereocenters. The van der Waals surface area contributed by atoms with E-state index in [4.69, 9.17) is 5.73 Å². The van der Waals surface area contributed by atoms with Crippen molar-refractivity contribution in [3.05, 3.63) is 59.7 Å². The summed E-state index contributed by atoms with van der Waals surface area (Å²) in [4.78, 5) is 56.0. The van der Waals surface area contributed by atoms with Gasteiger partial charge in [0, 0.05) is 31.6 Å². The van der Waals surface area contributed by atoms with Crippen molar-refractivity contribution in [3.8, 4) is 0 Å². The van der Waals surface area contributed by atoms with Crippen LogP contribution in [0.25, 0.3) is 0 Å². The highest BCUT2D eigenvalue weighted by atomic mass is 16.2. The maximum Gasteiger partial charge on any atom is 0.257 e. The van der Waals surface area contributed by atoms with E-state index in [0.29, 0.717) is 36.3 Å². The number of likely N-dealkylation sites (tertiary alicyclic amines) is 1. The van der Waals surface area contributed by atoms with Gasteiger partial charge in [0.05, 0.1) is 17.3 Å². The van der Waals surface area contributed by atoms with Gasteiger partial charge < -0.3 is 16.0 Å². The Morgan fingerprint density at radius 1 is 1.14 bits per heavy atom. The zero-order valence-corrected chi connectivity index (χ0v) is 20.4. The fourth-order valence-corrected chi connectivity index (χ4v) is 5.80. The summed E-state index contributed by atoms with van der Waals surface area (Å²) >= 11 is 0. The highest BCUT2D eigenvalue weighted by molar-refractivity contribution is 6.10. The first-order chi connectivity index (χ1) is 17.3. The Morgan fingerprint density at radius 3 is 2.75 bits per heavy atom. The number of hydrogen-bond acceptors (Lipinski definition) is 5. The number of hydrogen-bond donors (Lipinski definition) is 2. The average Bonchev–Trinajstić information content (AvgIpc) is 3.43. The highest BCUT2D eigenvalue weighted by Crippen LogP contribution is 2.44. The lowest BCUT2D eigenvalue weighted by atomic mass is 9.98. The molecule has 5 rings (SSSR count). The lowest BCUT2D eigenvalue weighted by molar-refractivity contribution is -0.122. The number of nitrogens with one attached hydrogen (secondary N) is 1. The molecule has 9 nitrogen and oxygen atoms in total. The summed E-state index contributed by atoms with van der Waals surface area (Å²) in [6.07, 6.45) is 2.70. The standard InChI is InChI=1S/C27H31N5O4/c1-27-13-11-24(34)32(27)21-9-3-2-8-20(21)26(36)31(27)15-12-23(33)29-19-7-4-6-18(16-19)17-30-14-5-10-22(30)25(28)35/h2-4,6-9,16,22H,5,10-15,17H2,1H3,(H2,28,35)(H,29,33). The van der Waals surface area contributed by atoms with Crippen LogP contribution in [0, 0.1) is 0 Å². The molecule has 188 valence electrons. The molecule has 3 N–H and O–H groups in total. The van der Waals surface area contributed by atoms with E-state index in [0.717, 1.165) is 24.9 Å². The molecule has 2 aromatic carbocycles. The third kappa shape index (κ3) is 4.24. The van der Waals surface area contributed by atoms with Gasteiger partial charge in [0.2, 0.25) is 17.7 Å². The Bertz CT molecular complexity index is 1230. The van der Waals surface area contributed by atoms with Gasteiger partial charge >= 0.3 is 0 Å². The first kappa shape index (κ1) is 24.0. The third-order valence-electron chi connectivity index (χ3n) is 7.60. The van der Waals surface area contributed by atoms with Gasteiger partial charge in [0.25, 0.3) is 5.91 Å². The van der Waals surface area contributed by atoms with E-state index in [9.17, 15) is 19.2 Å². The largest absolute Gasteiger partial charge is 0.368 e. The second kappa shape index (κ2) is 9.39. The number of fused-ring (bicyclic) bond motifs is 3. The van der Waals surface area contributed by atoms with Crippen molar-refractivity contribution in [2.24, 2.45) is 5.73 Å². The number of benzene rings is 2. The first-order valence-corrected chi connectivity index (χ1v) is 12.4. The van der Waals surface area contributed by atoms with E-state index >= 15 is 0 Å². The maximum atomic E-state index is 13.3. The van der Waals surface area contributed by atoms with Gasteiger partial charge in [0.1, 0.15) is 5.66 Å². The molecule has 36 heavy (non-hydrogen) atoms. The number of nitrogens with two attached hydrogens (primary N) is 1. The van der Waals surface area contributed by atoms with Gasteiger partial charge in [-0.25, -0.2) is 0 Å². The van der Waals surface area contributed by atoms with Crippen LogP contribution in [0.5, 0.6) is 0 Å². The Hall–Kier alpha value is -3.72. The van der Waals surface area contributed by atoms with Crippen molar-refractivity contribution >= 4 is 35.0 Å². The van der Waals surface area contributed by atoms with Crippen LogP contribution in [-0.4, -0.2) is 58.2 Å². The van der Waals surface area contributed by atoms with Gasteiger partial charge in [-0.05, 0) is 62.6 Å².